The summed E-state index contributed by atoms with van der Waals surface area (Å²) in [6.45, 7) is 4.49. The molecule has 0 spiro atoms. The van der Waals surface area contributed by atoms with E-state index in [2.05, 4.69) is 32.1 Å². The zero-order valence-corrected chi connectivity index (χ0v) is 15.5. The minimum atomic E-state index is -0.546. The zero-order chi connectivity index (χ0) is 18.7. The molecule has 3 heterocycles. The lowest BCUT2D eigenvalue weighted by Crippen LogP contribution is -2.28. The second-order valence-corrected chi connectivity index (χ2v) is 7.13. The van der Waals surface area contributed by atoms with Crippen molar-refractivity contribution < 1.29 is 18.7 Å². The molecule has 0 aliphatic carbocycles. The second kappa shape index (κ2) is 7.92. The maximum Gasteiger partial charge on any atom is 0.319 e. The van der Waals surface area contributed by atoms with Gasteiger partial charge in [0.05, 0.1) is 12.0 Å². The number of anilines is 1. The van der Waals surface area contributed by atoms with E-state index in [4.69, 9.17) is 9.47 Å². The molecular formula is C16H20FN5O3S. The van der Waals surface area contributed by atoms with Crippen molar-refractivity contribution >= 4 is 22.4 Å². The molecule has 1 amide bonds. The van der Waals surface area contributed by atoms with E-state index >= 15 is 0 Å². The number of methoxy groups -OCH3 is 1. The highest BCUT2D eigenvalue weighted by Crippen LogP contribution is 2.28. The fraction of sp³-hybridized carbons (Fsp3) is 0.500. The monoisotopic (exact) mass is 381 g/mol. The van der Waals surface area contributed by atoms with Crippen molar-refractivity contribution in [1.82, 2.24) is 19.9 Å². The number of ether oxygens (including phenoxy) is 2. The average Bonchev–Trinajstić information content (AvgIpc) is 3.09. The fourth-order valence-corrected chi connectivity index (χ4v) is 3.74. The van der Waals surface area contributed by atoms with Crippen LogP contribution in [0.5, 0.6) is 11.9 Å². The van der Waals surface area contributed by atoms with Crippen LogP contribution in [0.15, 0.2) is 12.3 Å². The van der Waals surface area contributed by atoms with Gasteiger partial charge in [0.25, 0.3) is 0 Å². The van der Waals surface area contributed by atoms with Gasteiger partial charge in [-0.05, 0) is 6.92 Å². The molecule has 1 N–H and O–H groups in total. The molecule has 0 radical (unpaired) electrons. The molecule has 140 valence electrons. The lowest BCUT2D eigenvalue weighted by atomic mass is 10.2. The van der Waals surface area contributed by atoms with Crippen molar-refractivity contribution in [2.45, 2.75) is 39.0 Å². The number of carbonyl (C=O) groups excluding carboxylic acids is 1. The SMILES string of the molecule is COc1nccc(O[C@@H]2C[C@H](C)N(Cc3sc(NC(C)=O)nc3F)C2)n1. The number of carbonyl (C=O) groups is 1. The summed E-state index contributed by atoms with van der Waals surface area (Å²) in [5.41, 5.74) is 0. The van der Waals surface area contributed by atoms with E-state index in [1.165, 1.54) is 14.0 Å². The number of hydrogen-bond donors (Lipinski definition) is 1. The second-order valence-electron chi connectivity index (χ2n) is 6.05. The first-order valence-corrected chi connectivity index (χ1v) is 8.96. The topological polar surface area (TPSA) is 89.5 Å². The summed E-state index contributed by atoms with van der Waals surface area (Å²) >= 11 is 1.15. The van der Waals surface area contributed by atoms with E-state index in [9.17, 15) is 9.18 Å². The molecule has 10 heteroatoms. The number of halogens is 1. The van der Waals surface area contributed by atoms with Gasteiger partial charge >= 0.3 is 6.01 Å². The summed E-state index contributed by atoms with van der Waals surface area (Å²) in [7, 11) is 1.50. The third-order valence-corrected chi connectivity index (χ3v) is 4.95. The Labute approximate surface area is 154 Å². The van der Waals surface area contributed by atoms with Gasteiger partial charge in [0.2, 0.25) is 17.7 Å². The van der Waals surface area contributed by atoms with Crippen LogP contribution in [0.2, 0.25) is 0 Å². The van der Waals surface area contributed by atoms with Gasteiger partial charge < -0.3 is 14.8 Å². The van der Waals surface area contributed by atoms with Crippen molar-refractivity contribution in [1.29, 1.82) is 0 Å². The molecule has 2 aromatic heterocycles. The van der Waals surface area contributed by atoms with Gasteiger partial charge in [-0.25, -0.2) is 4.98 Å². The summed E-state index contributed by atoms with van der Waals surface area (Å²) < 4.78 is 24.9. The first-order chi connectivity index (χ1) is 12.4. The Hall–Kier alpha value is -2.33. The highest BCUT2D eigenvalue weighted by molar-refractivity contribution is 7.15. The van der Waals surface area contributed by atoms with E-state index in [0.29, 0.717) is 23.8 Å². The summed E-state index contributed by atoms with van der Waals surface area (Å²) in [5, 5.41) is 2.79. The Morgan fingerprint density at radius 1 is 1.50 bits per heavy atom. The van der Waals surface area contributed by atoms with E-state index in [1.807, 2.05) is 0 Å². The lowest BCUT2D eigenvalue weighted by Gasteiger charge is -2.19. The lowest BCUT2D eigenvalue weighted by molar-refractivity contribution is -0.114. The van der Waals surface area contributed by atoms with Gasteiger partial charge in [0, 0.05) is 44.7 Å². The summed E-state index contributed by atoms with van der Waals surface area (Å²) in [6.07, 6.45) is 2.31. The minimum Gasteiger partial charge on any atom is -0.473 e. The largest absolute Gasteiger partial charge is 0.473 e. The Morgan fingerprint density at radius 3 is 3.04 bits per heavy atom. The number of thiazole rings is 1. The molecule has 2 atom stereocenters. The Balaban J connectivity index is 1.62. The van der Waals surface area contributed by atoms with Gasteiger partial charge in [0.1, 0.15) is 6.10 Å². The van der Waals surface area contributed by atoms with Gasteiger partial charge in [-0.1, -0.05) is 11.3 Å². The molecule has 2 aromatic rings. The number of amides is 1. The fourth-order valence-electron chi connectivity index (χ4n) is 2.83. The summed E-state index contributed by atoms with van der Waals surface area (Å²) in [6, 6.07) is 2.15. The normalized spacial score (nSPS) is 20.2. The molecular weight excluding hydrogens is 361 g/mol. The van der Waals surface area contributed by atoms with Crippen LogP contribution in [-0.2, 0) is 11.3 Å². The van der Waals surface area contributed by atoms with Crippen LogP contribution >= 0.6 is 11.3 Å². The molecule has 3 rings (SSSR count). The first kappa shape index (κ1) is 18.5. The van der Waals surface area contributed by atoms with Crippen molar-refractivity contribution in [3.63, 3.8) is 0 Å². The smallest absolute Gasteiger partial charge is 0.319 e. The molecule has 1 aliphatic rings. The Bertz CT molecular complexity index is 787. The van der Waals surface area contributed by atoms with Crippen molar-refractivity contribution in [2.24, 2.45) is 0 Å². The minimum absolute atomic E-state index is 0.0598. The third kappa shape index (κ3) is 4.44. The number of nitrogens with zero attached hydrogens (tertiary/aromatic N) is 4. The third-order valence-electron chi connectivity index (χ3n) is 4.02. The van der Waals surface area contributed by atoms with Crippen LogP contribution in [0, 0.1) is 5.95 Å². The number of aromatic nitrogens is 3. The van der Waals surface area contributed by atoms with Gasteiger partial charge in [0.15, 0.2) is 5.13 Å². The van der Waals surface area contributed by atoms with Crippen molar-refractivity contribution in [2.75, 3.05) is 19.0 Å². The predicted octanol–water partition coefficient (Wildman–Crippen LogP) is 2.08. The quantitative estimate of drug-likeness (QED) is 0.819. The highest BCUT2D eigenvalue weighted by Gasteiger charge is 2.32. The van der Waals surface area contributed by atoms with Crippen LogP contribution in [-0.4, -0.2) is 51.6 Å². The molecule has 1 fully saturated rings. The highest BCUT2D eigenvalue weighted by atomic mass is 32.1. The number of rotatable bonds is 6. The van der Waals surface area contributed by atoms with E-state index in [0.717, 1.165) is 17.8 Å². The predicted molar refractivity (Wildman–Crippen MR) is 93.9 cm³/mol. The molecule has 0 saturated carbocycles. The summed E-state index contributed by atoms with van der Waals surface area (Å²) in [5.74, 6) is -0.364. The average molecular weight is 381 g/mol. The van der Waals surface area contributed by atoms with Crippen LogP contribution in [0.4, 0.5) is 9.52 Å². The molecule has 1 saturated heterocycles. The van der Waals surface area contributed by atoms with Crippen LogP contribution in [0.25, 0.3) is 0 Å². The Morgan fingerprint density at radius 2 is 2.31 bits per heavy atom. The number of nitrogens with one attached hydrogen (secondary N) is 1. The maximum atomic E-state index is 14.0. The van der Waals surface area contributed by atoms with Gasteiger partial charge in [-0.15, -0.1) is 0 Å². The zero-order valence-electron chi connectivity index (χ0n) is 14.7. The molecule has 8 nitrogen and oxygen atoms in total. The molecule has 0 unspecified atom stereocenters. The van der Waals surface area contributed by atoms with E-state index in [-0.39, 0.29) is 29.2 Å². The van der Waals surface area contributed by atoms with Crippen LogP contribution in [0.1, 0.15) is 25.1 Å². The Kier molecular flexibility index (Phi) is 5.62. The molecule has 0 bridgehead atoms. The van der Waals surface area contributed by atoms with Crippen molar-refractivity contribution in [3.05, 3.63) is 23.1 Å². The standard InChI is InChI=1S/C16H20FN5O3S/c1-9-6-11(25-13-4-5-18-15(20-13)24-3)7-22(9)8-12-14(17)21-16(26-12)19-10(2)23/h4-5,9,11H,6-8H2,1-3H3,(H,19,21,23)/t9-,11+/m0/s1. The van der Waals surface area contributed by atoms with Gasteiger partial charge in [-0.3, -0.25) is 9.69 Å². The number of hydrogen-bond acceptors (Lipinski definition) is 8. The first-order valence-electron chi connectivity index (χ1n) is 8.15. The van der Waals surface area contributed by atoms with Gasteiger partial charge in [-0.2, -0.15) is 14.4 Å². The number of likely N-dealkylation sites (tertiary alicyclic amines) is 1. The summed E-state index contributed by atoms with van der Waals surface area (Å²) in [4.78, 5) is 25.5. The molecule has 1 aliphatic heterocycles. The van der Waals surface area contributed by atoms with E-state index in [1.54, 1.807) is 12.3 Å². The van der Waals surface area contributed by atoms with Crippen LogP contribution < -0.4 is 14.8 Å². The van der Waals surface area contributed by atoms with E-state index < -0.39 is 5.95 Å². The molecule has 26 heavy (non-hydrogen) atoms. The van der Waals surface area contributed by atoms with Crippen molar-refractivity contribution in [3.8, 4) is 11.9 Å². The van der Waals surface area contributed by atoms with Crippen LogP contribution in [0.3, 0.4) is 0 Å². The maximum absolute atomic E-state index is 14.0. The molecule has 0 aromatic carbocycles.